The number of nitrogens with one attached hydrogen (secondary N) is 1. The summed E-state index contributed by atoms with van der Waals surface area (Å²) in [4.78, 5) is 12.4. The third-order valence-electron chi connectivity index (χ3n) is 5.15. The van der Waals surface area contributed by atoms with E-state index in [4.69, 9.17) is 9.47 Å². The Morgan fingerprint density at radius 1 is 0.971 bits per heavy atom. The van der Waals surface area contributed by atoms with Crippen molar-refractivity contribution in [2.45, 2.75) is 26.5 Å². The van der Waals surface area contributed by atoms with Gasteiger partial charge in [-0.2, -0.15) is 5.10 Å². The summed E-state index contributed by atoms with van der Waals surface area (Å²) in [7, 11) is 0. The molecule has 1 heterocycles. The quantitative estimate of drug-likeness (QED) is 0.312. The van der Waals surface area contributed by atoms with E-state index in [2.05, 4.69) is 17.3 Å². The van der Waals surface area contributed by atoms with Gasteiger partial charge in [0, 0.05) is 11.8 Å². The zero-order chi connectivity index (χ0) is 24.6. The van der Waals surface area contributed by atoms with Crippen LogP contribution >= 0.6 is 0 Å². The fourth-order valence-corrected chi connectivity index (χ4v) is 3.42. The van der Waals surface area contributed by atoms with E-state index in [-0.39, 0.29) is 5.69 Å². The Hall–Kier alpha value is -4.20. The molecule has 0 aliphatic carbocycles. The second-order valence-corrected chi connectivity index (χ2v) is 7.84. The van der Waals surface area contributed by atoms with Gasteiger partial charge in [0.2, 0.25) is 0 Å². The number of halogens is 2. The number of carbonyl (C=O) groups excluding carboxylic acids is 1. The van der Waals surface area contributed by atoms with E-state index in [1.165, 1.54) is 12.1 Å². The average Bonchev–Trinajstić information content (AvgIpc) is 3.33. The van der Waals surface area contributed by atoms with Gasteiger partial charge in [-0.25, -0.2) is 8.78 Å². The van der Waals surface area contributed by atoms with E-state index >= 15 is 0 Å². The van der Waals surface area contributed by atoms with Crippen molar-refractivity contribution >= 4 is 11.6 Å². The molecule has 3 aromatic carbocycles. The van der Waals surface area contributed by atoms with Gasteiger partial charge >= 0.3 is 0 Å². The van der Waals surface area contributed by atoms with Crippen molar-refractivity contribution in [1.82, 2.24) is 9.78 Å². The number of amides is 1. The van der Waals surface area contributed by atoms with Gasteiger partial charge in [0.25, 0.3) is 5.91 Å². The largest absolute Gasteiger partial charge is 0.494 e. The van der Waals surface area contributed by atoms with Crippen LogP contribution in [0.5, 0.6) is 11.5 Å². The van der Waals surface area contributed by atoms with E-state index in [9.17, 15) is 13.6 Å². The Balaban J connectivity index is 1.41. The highest BCUT2D eigenvalue weighted by atomic mass is 19.1. The SMILES string of the molecule is CCCOc1cccc(COc2ccccc2Cn2ccc(C(=O)Nc3c(F)cccc3F)n2)c1. The zero-order valence-corrected chi connectivity index (χ0v) is 19.2. The number of nitrogens with zero attached hydrogens (tertiary/aromatic N) is 2. The Morgan fingerprint density at radius 2 is 1.74 bits per heavy atom. The molecule has 0 spiro atoms. The van der Waals surface area contributed by atoms with Gasteiger partial charge in [0.15, 0.2) is 5.69 Å². The summed E-state index contributed by atoms with van der Waals surface area (Å²) >= 11 is 0. The molecule has 1 N–H and O–H groups in total. The van der Waals surface area contributed by atoms with Crippen LogP contribution in [0, 0.1) is 11.6 Å². The predicted octanol–water partition coefficient (Wildman–Crippen LogP) is 5.83. The summed E-state index contributed by atoms with van der Waals surface area (Å²) < 4.78 is 41.0. The standard InChI is InChI=1S/C27H25F2N3O3/c1-2-15-34-21-9-5-7-19(16-21)18-35-25-12-4-3-8-20(25)17-32-14-13-24(31-32)27(33)30-26-22(28)10-6-11-23(26)29/h3-14,16H,2,15,17-18H2,1H3,(H,30,33). The van der Waals surface area contributed by atoms with Crippen LogP contribution in [0.25, 0.3) is 0 Å². The fraction of sp³-hybridized carbons (Fsp3) is 0.185. The number of carbonyl (C=O) groups is 1. The lowest BCUT2D eigenvalue weighted by Gasteiger charge is -2.12. The molecule has 8 heteroatoms. The minimum atomic E-state index is -0.855. The Kier molecular flexibility index (Phi) is 7.72. The van der Waals surface area contributed by atoms with Crippen LogP contribution in [-0.4, -0.2) is 22.3 Å². The molecular formula is C27H25F2N3O3. The molecule has 1 amide bonds. The van der Waals surface area contributed by atoms with E-state index in [1.54, 1.807) is 10.9 Å². The molecule has 4 rings (SSSR count). The third kappa shape index (κ3) is 6.23. The van der Waals surface area contributed by atoms with Crippen LogP contribution in [0.1, 0.15) is 35.0 Å². The van der Waals surface area contributed by atoms with Crippen molar-refractivity contribution in [2.24, 2.45) is 0 Å². The monoisotopic (exact) mass is 477 g/mol. The molecule has 1 aromatic heterocycles. The highest BCUT2D eigenvalue weighted by Gasteiger charge is 2.16. The number of benzene rings is 3. The maximum absolute atomic E-state index is 13.8. The van der Waals surface area contributed by atoms with E-state index in [0.717, 1.165) is 35.4 Å². The average molecular weight is 478 g/mol. The summed E-state index contributed by atoms with van der Waals surface area (Å²) in [6.07, 6.45) is 2.56. The van der Waals surface area contributed by atoms with Gasteiger partial charge in [-0.05, 0) is 48.4 Å². The smallest absolute Gasteiger partial charge is 0.276 e. The summed E-state index contributed by atoms with van der Waals surface area (Å²) in [5, 5.41) is 6.49. The van der Waals surface area contributed by atoms with Crippen LogP contribution in [0.2, 0.25) is 0 Å². The van der Waals surface area contributed by atoms with Crippen LogP contribution in [-0.2, 0) is 13.2 Å². The molecule has 0 aliphatic heterocycles. The normalized spacial score (nSPS) is 10.7. The zero-order valence-electron chi connectivity index (χ0n) is 19.2. The first-order valence-electron chi connectivity index (χ1n) is 11.2. The summed E-state index contributed by atoms with van der Waals surface area (Å²) in [5.74, 6) is -0.929. The third-order valence-corrected chi connectivity index (χ3v) is 5.15. The van der Waals surface area contributed by atoms with Crippen LogP contribution in [0.15, 0.2) is 79.0 Å². The van der Waals surface area contributed by atoms with Gasteiger partial charge in [0.1, 0.15) is 35.4 Å². The second kappa shape index (κ2) is 11.3. The van der Waals surface area contributed by atoms with Crippen molar-refractivity contribution in [1.29, 1.82) is 0 Å². The number of para-hydroxylation sites is 2. The molecule has 0 saturated carbocycles. The number of hydrogen-bond acceptors (Lipinski definition) is 4. The number of hydrogen-bond donors (Lipinski definition) is 1. The Bertz CT molecular complexity index is 1290. The molecule has 6 nitrogen and oxygen atoms in total. The first-order valence-corrected chi connectivity index (χ1v) is 11.2. The minimum absolute atomic E-state index is 0.0370. The maximum Gasteiger partial charge on any atom is 0.276 e. The van der Waals surface area contributed by atoms with Gasteiger partial charge in [-0.1, -0.05) is 43.3 Å². The number of rotatable bonds is 10. The molecule has 0 aliphatic rings. The lowest BCUT2D eigenvalue weighted by molar-refractivity contribution is 0.102. The fourth-order valence-electron chi connectivity index (χ4n) is 3.42. The lowest BCUT2D eigenvalue weighted by atomic mass is 10.2. The first kappa shape index (κ1) is 23.9. The van der Waals surface area contributed by atoms with Crippen molar-refractivity contribution in [3.63, 3.8) is 0 Å². The molecule has 35 heavy (non-hydrogen) atoms. The van der Waals surface area contributed by atoms with Crippen molar-refractivity contribution in [3.8, 4) is 11.5 Å². The number of anilines is 1. The molecule has 0 atom stereocenters. The van der Waals surface area contributed by atoms with Crippen molar-refractivity contribution < 1.29 is 23.0 Å². The van der Waals surface area contributed by atoms with Crippen LogP contribution in [0.4, 0.5) is 14.5 Å². The summed E-state index contributed by atoms with van der Waals surface area (Å²) in [6.45, 7) is 3.42. The van der Waals surface area contributed by atoms with Gasteiger partial charge in [0.05, 0.1) is 13.2 Å². The van der Waals surface area contributed by atoms with E-state index in [0.29, 0.717) is 25.5 Å². The molecule has 0 radical (unpaired) electrons. The van der Waals surface area contributed by atoms with E-state index in [1.807, 2.05) is 48.5 Å². The second-order valence-electron chi connectivity index (χ2n) is 7.84. The molecule has 0 fully saturated rings. The Morgan fingerprint density at radius 3 is 2.54 bits per heavy atom. The molecule has 0 bridgehead atoms. The summed E-state index contributed by atoms with van der Waals surface area (Å²) in [6, 6.07) is 20.2. The van der Waals surface area contributed by atoms with Gasteiger partial charge in [-0.15, -0.1) is 0 Å². The first-order chi connectivity index (χ1) is 17.0. The molecule has 0 unspecified atom stereocenters. The molecule has 0 saturated heterocycles. The Labute approximate surface area is 202 Å². The topological polar surface area (TPSA) is 65.4 Å². The van der Waals surface area contributed by atoms with Gasteiger partial charge in [-0.3, -0.25) is 9.48 Å². The predicted molar refractivity (Wildman–Crippen MR) is 129 cm³/mol. The molecule has 180 valence electrons. The molecular weight excluding hydrogens is 452 g/mol. The van der Waals surface area contributed by atoms with E-state index < -0.39 is 23.2 Å². The molecule has 4 aromatic rings. The summed E-state index contributed by atoms with van der Waals surface area (Å²) in [5.41, 5.74) is 1.37. The maximum atomic E-state index is 13.8. The lowest BCUT2D eigenvalue weighted by Crippen LogP contribution is -2.15. The highest BCUT2D eigenvalue weighted by molar-refractivity contribution is 6.02. The minimum Gasteiger partial charge on any atom is -0.494 e. The highest BCUT2D eigenvalue weighted by Crippen LogP contribution is 2.22. The number of aromatic nitrogens is 2. The van der Waals surface area contributed by atoms with Crippen LogP contribution in [0.3, 0.4) is 0 Å². The van der Waals surface area contributed by atoms with Gasteiger partial charge < -0.3 is 14.8 Å². The van der Waals surface area contributed by atoms with Crippen molar-refractivity contribution in [2.75, 3.05) is 11.9 Å². The van der Waals surface area contributed by atoms with Crippen LogP contribution < -0.4 is 14.8 Å². The van der Waals surface area contributed by atoms with Crippen molar-refractivity contribution in [3.05, 3.63) is 107 Å². The number of ether oxygens (including phenoxy) is 2.